The standard InChI is InChI=1S/C12H15F3N4O2/c1-18-4-6-19(7-5-18)17-10-8(11(20)21)2-3-9(16-10)12(13,14)15/h2-3H,4-7H2,1H3,(H,16,17)(H,20,21). The summed E-state index contributed by atoms with van der Waals surface area (Å²) in [4.78, 5) is 16.6. The first kappa shape index (κ1) is 15.5. The number of aromatic nitrogens is 1. The van der Waals surface area contributed by atoms with Crippen LogP contribution in [0.4, 0.5) is 19.0 Å². The van der Waals surface area contributed by atoms with Crippen LogP contribution in [0.25, 0.3) is 0 Å². The zero-order valence-corrected chi connectivity index (χ0v) is 11.3. The van der Waals surface area contributed by atoms with Crippen LogP contribution in [0.1, 0.15) is 16.1 Å². The van der Waals surface area contributed by atoms with Crippen molar-refractivity contribution < 1.29 is 23.1 Å². The van der Waals surface area contributed by atoms with Crippen molar-refractivity contribution in [2.45, 2.75) is 6.18 Å². The third-order valence-electron chi connectivity index (χ3n) is 3.18. The molecule has 1 aromatic rings. The number of hydrazine groups is 1. The van der Waals surface area contributed by atoms with E-state index in [4.69, 9.17) is 5.11 Å². The molecule has 1 aliphatic rings. The van der Waals surface area contributed by atoms with E-state index in [1.165, 1.54) is 0 Å². The zero-order valence-electron chi connectivity index (χ0n) is 11.3. The average Bonchev–Trinajstić information content (AvgIpc) is 2.40. The third-order valence-corrected chi connectivity index (χ3v) is 3.18. The molecule has 0 aliphatic carbocycles. The number of hydrogen-bond donors (Lipinski definition) is 2. The van der Waals surface area contributed by atoms with E-state index in [0.717, 1.165) is 19.2 Å². The van der Waals surface area contributed by atoms with Gasteiger partial charge < -0.3 is 15.4 Å². The molecule has 0 saturated carbocycles. The molecular weight excluding hydrogens is 289 g/mol. The van der Waals surface area contributed by atoms with Crippen LogP contribution in [0.3, 0.4) is 0 Å². The number of likely N-dealkylation sites (N-methyl/N-ethyl adjacent to an activating group) is 1. The van der Waals surface area contributed by atoms with Gasteiger partial charge in [0.2, 0.25) is 0 Å². The highest BCUT2D eigenvalue weighted by Crippen LogP contribution is 2.29. The summed E-state index contributed by atoms with van der Waals surface area (Å²) < 4.78 is 38.0. The van der Waals surface area contributed by atoms with Crippen LogP contribution in [-0.2, 0) is 6.18 Å². The SMILES string of the molecule is CN1CCN(Nc2nc(C(F)(F)F)ccc2C(=O)O)CC1. The van der Waals surface area contributed by atoms with Gasteiger partial charge in [-0.1, -0.05) is 0 Å². The third kappa shape index (κ3) is 3.82. The molecule has 0 atom stereocenters. The normalized spacial score (nSPS) is 17.7. The molecule has 0 spiro atoms. The van der Waals surface area contributed by atoms with Crippen molar-refractivity contribution in [2.75, 3.05) is 38.7 Å². The summed E-state index contributed by atoms with van der Waals surface area (Å²) in [5.41, 5.74) is 1.27. The van der Waals surface area contributed by atoms with Crippen molar-refractivity contribution in [3.05, 3.63) is 23.4 Å². The Bertz CT molecular complexity index is 528. The maximum atomic E-state index is 12.7. The number of hydrogen-bond acceptors (Lipinski definition) is 5. The maximum Gasteiger partial charge on any atom is 0.433 e. The van der Waals surface area contributed by atoms with E-state index >= 15 is 0 Å². The Balaban J connectivity index is 2.24. The number of rotatable bonds is 3. The quantitative estimate of drug-likeness (QED) is 0.879. The predicted molar refractivity (Wildman–Crippen MR) is 68.9 cm³/mol. The molecule has 21 heavy (non-hydrogen) atoms. The Morgan fingerprint density at radius 1 is 1.29 bits per heavy atom. The summed E-state index contributed by atoms with van der Waals surface area (Å²) in [5.74, 6) is -1.62. The molecule has 9 heteroatoms. The summed E-state index contributed by atoms with van der Waals surface area (Å²) in [7, 11) is 1.93. The molecule has 2 heterocycles. The van der Waals surface area contributed by atoms with Crippen molar-refractivity contribution in [1.29, 1.82) is 0 Å². The highest BCUT2D eigenvalue weighted by Gasteiger charge is 2.33. The Kier molecular flexibility index (Phi) is 4.33. The lowest BCUT2D eigenvalue weighted by atomic mass is 10.2. The molecule has 1 aromatic heterocycles. The monoisotopic (exact) mass is 304 g/mol. The molecule has 6 nitrogen and oxygen atoms in total. The van der Waals surface area contributed by atoms with Crippen LogP contribution in [-0.4, -0.2) is 59.2 Å². The second kappa shape index (κ2) is 5.86. The lowest BCUT2D eigenvalue weighted by Crippen LogP contribution is -2.47. The fourth-order valence-corrected chi connectivity index (χ4v) is 1.94. The van der Waals surface area contributed by atoms with Crippen LogP contribution in [0.5, 0.6) is 0 Å². The van der Waals surface area contributed by atoms with Gasteiger partial charge in [-0.2, -0.15) is 13.2 Å². The Hall–Kier alpha value is -1.87. The van der Waals surface area contributed by atoms with Gasteiger partial charge in [0, 0.05) is 26.2 Å². The minimum atomic E-state index is -4.62. The van der Waals surface area contributed by atoms with E-state index in [0.29, 0.717) is 19.2 Å². The number of halogens is 3. The maximum absolute atomic E-state index is 12.7. The average molecular weight is 304 g/mol. The highest BCUT2D eigenvalue weighted by atomic mass is 19.4. The molecule has 1 fully saturated rings. The van der Waals surface area contributed by atoms with E-state index in [-0.39, 0.29) is 11.4 Å². The van der Waals surface area contributed by atoms with E-state index < -0.39 is 17.8 Å². The van der Waals surface area contributed by atoms with Crippen LogP contribution >= 0.6 is 0 Å². The summed E-state index contributed by atoms with van der Waals surface area (Å²) in [6.07, 6.45) is -4.62. The number of carbonyl (C=O) groups is 1. The number of carboxylic acids is 1. The minimum absolute atomic E-state index is 0.290. The molecule has 2 rings (SSSR count). The van der Waals surface area contributed by atoms with Crippen LogP contribution in [0.2, 0.25) is 0 Å². The Morgan fingerprint density at radius 2 is 1.90 bits per heavy atom. The molecule has 0 unspecified atom stereocenters. The molecular formula is C12H15F3N4O2. The molecule has 0 radical (unpaired) electrons. The van der Waals surface area contributed by atoms with Crippen molar-refractivity contribution in [1.82, 2.24) is 14.9 Å². The van der Waals surface area contributed by atoms with Crippen molar-refractivity contribution >= 4 is 11.8 Å². The van der Waals surface area contributed by atoms with Gasteiger partial charge in [-0.3, -0.25) is 0 Å². The fourth-order valence-electron chi connectivity index (χ4n) is 1.94. The van der Waals surface area contributed by atoms with Gasteiger partial charge in [0.05, 0.1) is 0 Å². The van der Waals surface area contributed by atoms with Gasteiger partial charge in [0.15, 0.2) is 5.82 Å². The van der Waals surface area contributed by atoms with Gasteiger partial charge in [-0.15, -0.1) is 0 Å². The number of anilines is 1. The topological polar surface area (TPSA) is 68.7 Å². The largest absolute Gasteiger partial charge is 0.478 e. The minimum Gasteiger partial charge on any atom is -0.478 e. The molecule has 1 aliphatic heterocycles. The molecule has 0 bridgehead atoms. The summed E-state index contributed by atoms with van der Waals surface area (Å²) >= 11 is 0. The van der Waals surface area contributed by atoms with E-state index in [9.17, 15) is 18.0 Å². The first-order valence-corrected chi connectivity index (χ1v) is 6.29. The second-order valence-corrected chi connectivity index (χ2v) is 4.80. The van der Waals surface area contributed by atoms with Crippen LogP contribution in [0, 0.1) is 0 Å². The van der Waals surface area contributed by atoms with Gasteiger partial charge in [0.1, 0.15) is 11.3 Å². The Morgan fingerprint density at radius 3 is 2.43 bits per heavy atom. The number of nitrogens with one attached hydrogen (secondary N) is 1. The summed E-state index contributed by atoms with van der Waals surface area (Å²) in [5, 5.41) is 10.7. The molecule has 2 N–H and O–H groups in total. The van der Waals surface area contributed by atoms with E-state index in [2.05, 4.69) is 15.3 Å². The lowest BCUT2D eigenvalue weighted by Gasteiger charge is -2.33. The van der Waals surface area contributed by atoms with Crippen LogP contribution < -0.4 is 5.43 Å². The first-order chi connectivity index (χ1) is 9.77. The lowest BCUT2D eigenvalue weighted by molar-refractivity contribution is -0.141. The van der Waals surface area contributed by atoms with E-state index in [1.54, 1.807) is 5.01 Å². The smallest absolute Gasteiger partial charge is 0.433 e. The number of carboxylic acid groups (broad SMARTS) is 1. The number of nitrogens with zero attached hydrogens (tertiary/aromatic N) is 3. The van der Waals surface area contributed by atoms with Crippen molar-refractivity contribution in [3.8, 4) is 0 Å². The zero-order chi connectivity index (χ0) is 15.6. The fraction of sp³-hybridized carbons (Fsp3) is 0.500. The van der Waals surface area contributed by atoms with Crippen molar-refractivity contribution in [3.63, 3.8) is 0 Å². The number of piperazine rings is 1. The molecule has 0 amide bonds. The summed E-state index contributed by atoms with van der Waals surface area (Å²) in [6.45, 7) is 2.59. The van der Waals surface area contributed by atoms with E-state index in [1.807, 2.05) is 7.05 Å². The number of aromatic carboxylic acids is 1. The number of alkyl halides is 3. The van der Waals surface area contributed by atoms with Crippen LogP contribution in [0.15, 0.2) is 12.1 Å². The number of pyridine rings is 1. The molecule has 116 valence electrons. The van der Waals surface area contributed by atoms with Gasteiger partial charge in [-0.05, 0) is 19.2 Å². The van der Waals surface area contributed by atoms with Crippen molar-refractivity contribution in [2.24, 2.45) is 0 Å². The molecule has 0 aromatic carbocycles. The first-order valence-electron chi connectivity index (χ1n) is 6.29. The second-order valence-electron chi connectivity index (χ2n) is 4.80. The Labute approximate surface area is 119 Å². The van der Waals surface area contributed by atoms with Gasteiger partial charge >= 0.3 is 12.1 Å². The molecule has 1 saturated heterocycles. The predicted octanol–water partition coefficient (Wildman–Crippen LogP) is 1.37. The van der Waals surface area contributed by atoms with Gasteiger partial charge in [0.25, 0.3) is 0 Å². The van der Waals surface area contributed by atoms with Gasteiger partial charge in [-0.25, -0.2) is 14.8 Å². The summed E-state index contributed by atoms with van der Waals surface area (Å²) in [6, 6.07) is 1.58. The highest BCUT2D eigenvalue weighted by molar-refractivity contribution is 5.93.